The van der Waals surface area contributed by atoms with Gasteiger partial charge in [-0.3, -0.25) is 15.5 Å². The summed E-state index contributed by atoms with van der Waals surface area (Å²) in [6.07, 6.45) is 0. The van der Waals surface area contributed by atoms with E-state index in [0.29, 0.717) is 5.56 Å². The summed E-state index contributed by atoms with van der Waals surface area (Å²) in [5.74, 6) is -7.12. The quantitative estimate of drug-likeness (QED) is 0.302. The molecular formula is C14H10F4N4O2. The minimum absolute atomic E-state index is 0.106. The standard InChI is InChI=1S/C14H10F4N4O2/c1-6-3-4-8(5-9(6)22(23)24)7(2)20-21-12-10(15)13(17)19-14(18)11(12)16/h3-5H,1-2H3,(H,19,21). The van der Waals surface area contributed by atoms with Crippen molar-refractivity contribution in [3.63, 3.8) is 0 Å². The predicted octanol–water partition coefficient (Wildman–Crippen LogP) is 3.69. The summed E-state index contributed by atoms with van der Waals surface area (Å²) in [5, 5.41) is 14.5. The SMILES string of the molecule is CC(=NNc1c(F)c(F)nc(F)c1F)c1ccc(C)c([N+](=O)[O-])c1. The molecule has 126 valence electrons. The lowest BCUT2D eigenvalue weighted by molar-refractivity contribution is -0.385. The third kappa shape index (κ3) is 3.31. The number of hydrogen-bond acceptors (Lipinski definition) is 5. The number of aromatic nitrogens is 1. The molecule has 1 N–H and O–H groups in total. The molecule has 24 heavy (non-hydrogen) atoms. The second-order valence-electron chi connectivity index (χ2n) is 4.76. The molecule has 10 heteroatoms. The number of benzene rings is 1. The molecule has 0 aliphatic heterocycles. The molecule has 1 heterocycles. The monoisotopic (exact) mass is 342 g/mol. The fraction of sp³-hybridized carbons (Fsp3) is 0.143. The van der Waals surface area contributed by atoms with Gasteiger partial charge in [-0.05, 0) is 13.8 Å². The third-order valence-electron chi connectivity index (χ3n) is 3.16. The molecule has 0 amide bonds. The first-order valence-electron chi connectivity index (χ1n) is 6.48. The molecule has 0 fully saturated rings. The Hall–Kier alpha value is -3.04. The van der Waals surface area contributed by atoms with Crippen LogP contribution in [0.1, 0.15) is 18.1 Å². The fourth-order valence-corrected chi connectivity index (χ4v) is 1.82. The number of hydrogen-bond donors (Lipinski definition) is 1. The Morgan fingerprint density at radius 3 is 2.33 bits per heavy atom. The number of pyridine rings is 1. The molecule has 0 bridgehead atoms. The van der Waals surface area contributed by atoms with E-state index in [1.807, 2.05) is 5.43 Å². The molecule has 0 atom stereocenters. The zero-order chi connectivity index (χ0) is 18.0. The van der Waals surface area contributed by atoms with Gasteiger partial charge >= 0.3 is 0 Å². The second-order valence-corrected chi connectivity index (χ2v) is 4.76. The van der Waals surface area contributed by atoms with Gasteiger partial charge in [-0.2, -0.15) is 27.6 Å². The third-order valence-corrected chi connectivity index (χ3v) is 3.16. The van der Waals surface area contributed by atoms with E-state index >= 15 is 0 Å². The Morgan fingerprint density at radius 2 is 1.79 bits per heavy atom. The van der Waals surface area contributed by atoms with Crippen LogP contribution in [-0.2, 0) is 0 Å². The number of nitro groups is 1. The number of nitrogens with zero attached hydrogens (tertiary/aromatic N) is 3. The molecule has 0 aliphatic carbocycles. The fourth-order valence-electron chi connectivity index (χ4n) is 1.82. The number of rotatable bonds is 4. The van der Waals surface area contributed by atoms with E-state index in [9.17, 15) is 27.7 Å². The minimum atomic E-state index is -1.82. The van der Waals surface area contributed by atoms with E-state index in [1.54, 1.807) is 6.92 Å². The normalized spacial score (nSPS) is 11.5. The number of hydrazone groups is 1. The van der Waals surface area contributed by atoms with Gasteiger partial charge in [0.2, 0.25) is 11.6 Å². The van der Waals surface area contributed by atoms with Crippen molar-refractivity contribution >= 4 is 17.1 Å². The summed E-state index contributed by atoms with van der Waals surface area (Å²) in [5.41, 5.74) is 1.36. The average Bonchev–Trinajstić information content (AvgIpc) is 2.53. The van der Waals surface area contributed by atoms with Gasteiger partial charge in [0, 0.05) is 17.2 Å². The predicted molar refractivity (Wildman–Crippen MR) is 77.7 cm³/mol. The molecule has 2 rings (SSSR count). The van der Waals surface area contributed by atoms with Crippen molar-refractivity contribution in [2.24, 2.45) is 5.10 Å². The largest absolute Gasteiger partial charge is 0.272 e. The lowest BCUT2D eigenvalue weighted by Crippen LogP contribution is -2.08. The van der Waals surface area contributed by atoms with Gasteiger partial charge in [-0.25, -0.2) is 0 Å². The van der Waals surface area contributed by atoms with E-state index in [1.165, 1.54) is 25.1 Å². The maximum Gasteiger partial charge on any atom is 0.272 e. The molecule has 0 saturated carbocycles. The summed E-state index contributed by atoms with van der Waals surface area (Å²) >= 11 is 0. The van der Waals surface area contributed by atoms with Crippen LogP contribution >= 0.6 is 0 Å². The molecule has 2 aromatic rings. The number of nitrogens with one attached hydrogen (secondary N) is 1. The molecule has 1 aromatic carbocycles. The van der Waals surface area contributed by atoms with Crippen molar-refractivity contribution in [3.8, 4) is 0 Å². The topological polar surface area (TPSA) is 80.4 Å². The van der Waals surface area contributed by atoms with Crippen LogP contribution in [0.5, 0.6) is 0 Å². The molecule has 0 unspecified atom stereocenters. The summed E-state index contributed by atoms with van der Waals surface area (Å²) in [7, 11) is 0. The summed E-state index contributed by atoms with van der Waals surface area (Å²) < 4.78 is 52.9. The maximum absolute atomic E-state index is 13.5. The van der Waals surface area contributed by atoms with Crippen LogP contribution < -0.4 is 5.43 Å². The molecule has 6 nitrogen and oxygen atoms in total. The first-order valence-corrected chi connectivity index (χ1v) is 6.48. The van der Waals surface area contributed by atoms with Crippen molar-refractivity contribution in [1.29, 1.82) is 0 Å². The zero-order valence-corrected chi connectivity index (χ0v) is 12.4. The van der Waals surface area contributed by atoms with E-state index in [4.69, 9.17) is 0 Å². The van der Waals surface area contributed by atoms with E-state index in [-0.39, 0.29) is 17.0 Å². The van der Waals surface area contributed by atoms with E-state index < -0.39 is 34.1 Å². The highest BCUT2D eigenvalue weighted by molar-refractivity contribution is 5.99. The lowest BCUT2D eigenvalue weighted by Gasteiger charge is -2.07. The Kier molecular flexibility index (Phi) is 4.77. The van der Waals surface area contributed by atoms with Gasteiger partial charge in [0.25, 0.3) is 17.6 Å². The maximum atomic E-state index is 13.5. The van der Waals surface area contributed by atoms with Crippen molar-refractivity contribution < 1.29 is 22.5 Å². The first-order chi connectivity index (χ1) is 11.2. The summed E-state index contributed by atoms with van der Waals surface area (Å²) in [6.45, 7) is 2.94. The number of anilines is 1. The van der Waals surface area contributed by atoms with Gasteiger partial charge in [0.15, 0.2) is 0 Å². The second kappa shape index (κ2) is 6.60. The minimum Gasteiger partial charge on any atom is -0.272 e. The average molecular weight is 342 g/mol. The number of nitro benzene ring substituents is 1. The molecule has 0 radical (unpaired) electrons. The first kappa shape index (κ1) is 17.3. The lowest BCUT2D eigenvalue weighted by atomic mass is 10.1. The van der Waals surface area contributed by atoms with Crippen LogP contribution in [0.3, 0.4) is 0 Å². The molecular weight excluding hydrogens is 332 g/mol. The Bertz CT molecular complexity index is 829. The van der Waals surface area contributed by atoms with Crippen LogP contribution in [0.2, 0.25) is 0 Å². The van der Waals surface area contributed by atoms with Crippen molar-refractivity contribution in [1.82, 2.24) is 4.98 Å². The molecule has 0 spiro atoms. The Balaban J connectivity index is 2.37. The van der Waals surface area contributed by atoms with Crippen molar-refractivity contribution in [3.05, 3.63) is 63.0 Å². The smallest absolute Gasteiger partial charge is 0.272 e. The van der Waals surface area contributed by atoms with Crippen molar-refractivity contribution in [2.45, 2.75) is 13.8 Å². The van der Waals surface area contributed by atoms with E-state index in [0.717, 1.165) is 0 Å². The highest BCUT2D eigenvalue weighted by Crippen LogP contribution is 2.23. The Labute approximate surface area is 133 Å². The van der Waals surface area contributed by atoms with Crippen LogP contribution in [-0.4, -0.2) is 15.6 Å². The number of aryl methyl sites for hydroxylation is 1. The molecule has 1 aromatic heterocycles. The molecule has 0 saturated heterocycles. The number of halogens is 4. The van der Waals surface area contributed by atoms with Gasteiger partial charge in [-0.15, -0.1) is 0 Å². The van der Waals surface area contributed by atoms with Crippen molar-refractivity contribution in [2.75, 3.05) is 5.43 Å². The van der Waals surface area contributed by atoms with Crippen LogP contribution in [0, 0.1) is 40.6 Å². The summed E-state index contributed by atoms with van der Waals surface area (Å²) in [6, 6.07) is 4.19. The van der Waals surface area contributed by atoms with Crippen LogP contribution in [0.15, 0.2) is 23.3 Å². The highest BCUT2D eigenvalue weighted by atomic mass is 19.2. The Morgan fingerprint density at radius 1 is 1.21 bits per heavy atom. The van der Waals surface area contributed by atoms with Gasteiger partial charge in [0.1, 0.15) is 5.69 Å². The van der Waals surface area contributed by atoms with Gasteiger partial charge in [-0.1, -0.05) is 12.1 Å². The highest BCUT2D eigenvalue weighted by Gasteiger charge is 2.20. The van der Waals surface area contributed by atoms with Crippen LogP contribution in [0.25, 0.3) is 0 Å². The summed E-state index contributed by atoms with van der Waals surface area (Å²) in [4.78, 5) is 12.7. The molecule has 0 aliphatic rings. The van der Waals surface area contributed by atoms with Gasteiger partial charge < -0.3 is 0 Å². The van der Waals surface area contributed by atoms with Crippen LogP contribution in [0.4, 0.5) is 28.9 Å². The van der Waals surface area contributed by atoms with E-state index in [2.05, 4.69) is 10.1 Å². The van der Waals surface area contributed by atoms with Gasteiger partial charge in [0.05, 0.1) is 10.6 Å². The zero-order valence-electron chi connectivity index (χ0n) is 12.4.